The average Bonchev–Trinajstić information content (AvgIpc) is 3.16. The number of imide groups is 1. The normalized spacial score (nSPS) is 14.3. The van der Waals surface area contributed by atoms with E-state index in [0.29, 0.717) is 28.6 Å². The first kappa shape index (κ1) is 25.1. The van der Waals surface area contributed by atoms with E-state index in [9.17, 15) is 14.0 Å². The summed E-state index contributed by atoms with van der Waals surface area (Å²) in [5, 5.41) is -0.383. The molecule has 0 bridgehead atoms. The minimum atomic E-state index is -0.416. The number of amides is 2. The third-order valence-corrected chi connectivity index (χ3v) is 6.23. The number of rotatable bonds is 10. The van der Waals surface area contributed by atoms with Gasteiger partial charge < -0.3 is 18.9 Å². The van der Waals surface area contributed by atoms with Gasteiger partial charge in [-0.2, -0.15) is 0 Å². The highest BCUT2D eigenvalue weighted by Crippen LogP contribution is 2.38. The van der Waals surface area contributed by atoms with Crippen LogP contribution in [0.25, 0.3) is 6.08 Å². The molecule has 1 fully saturated rings. The molecule has 1 saturated heterocycles. The maximum absolute atomic E-state index is 13.2. The van der Waals surface area contributed by atoms with E-state index < -0.39 is 5.91 Å². The van der Waals surface area contributed by atoms with E-state index in [1.165, 1.54) is 19.2 Å². The zero-order valence-electron chi connectivity index (χ0n) is 19.7. The Labute approximate surface area is 212 Å². The Balaban J connectivity index is 1.47. The second-order valence-corrected chi connectivity index (χ2v) is 8.62. The van der Waals surface area contributed by atoms with Crippen molar-refractivity contribution in [3.63, 3.8) is 0 Å². The van der Waals surface area contributed by atoms with Gasteiger partial charge in [0.15, 0.2) is 23.0 Å². The van der Waals surface area contributed by atoms with Crippen LogP contribution in [0.3, 0.4) is 0 Å². The number of carbonyl (C=O) groups excluding carboxylic acids is 2. The van der Waals surface area contributed by atoms with Gasteiger partial charge in [-0.3, -0.25) is 14.5 Å². The average molecular weight is 510 g/mol. The molecule has 0 N–H and O–H groups in total. The van der Waals surface area contributed by atoms with Crippen molar-refractivity contribution < 1.29 is 32.9 Å². The molecule has 0 saturated carbocycles. The molecule has 3 aromatic rings. The van der Waals surface area contributed by atoms with E-state index in [1.54, 1.807) is 55.7 Å². The quantitative estimate of drug-likeness (QED) is 0.332. The predicted molar refractivity (Wildman–Crippen MR) is 135 cm³/mol. The molecule has 0 radical (unpaired) electrons. The minimum absolute atomic E-state index is 0.0894. The lowest BCUT2D eigenvalue weighted by molar-refractivity contribution is -0.123. The molecule has 3 aromatic carbocycles. The maximum atomic E-state index is 13.2. The third-order valence-electron chi connectivity index (χ3n) is 5.33. The Bertz CT molecular complexity index is 1280. The van der Waals surface area contributed by atoms with Gasteiger partial charge in [0.1, 0.15) is 19.0 Å². The largest absolute Gasteiger partial charge is 0.493 e. The number of hydrogen-bond acceptors (Lipinski definition) is 7. The number of hydrogen-bond donors (Lipinski definition) is 0. The van der Waals surface area contributed by atoms with Crippen molar-refractivity contribution in [1.29, 1.82) is 0 Å². The van der Waals surface area contributed by atoms with Crippen LogP contribution < -0.4 is 18.9 Å². The molecule has 1 heterocycles. The van der Waals surface area contributed by atoms with Crippen LogP contribution in [0.4, 0.5) is 9.18 Å². The highest BCUT2D eigenvalue weighted by atomic mass is 32.2. The smallest absolute Gasteiger partial charge is 0.293 e. The summed E-state index contributed by atoms with van der Waals surface area (Å²) >= 11 is 0.849. The first-order valence-electron chi connectivity index (χ1n) is 11.1. The van der Waals surface area contributed by atoms with Gasteiger partial charge in [-0.15, -0.1) is 0 Å². The number of benzene rings is 3. The molecule has 186 valence electrons. The SMILES string of the molecule is COc1ccccc1OCCN1C(=O)S/C(=C\c2cccc(OC)c2OCc2ccc(F)cc2)C1=O. The van der Waals surface area contributed by atoms with Gasteiger partial charge in [0.25, 0.3) is 11.1 Å². The van der Waals surface area contributed by atoms with Crippen molar-refractivity contribution in [3.05, 3.63) is 88.6 Å². The van der Waals surface area contributed by atoms with E-state index in [1.807, 2.05) is 12.1 Å². The Kier molecular flexibility index (Phi) is 8.12. The zero-order valence-corrected chi connectivity index (χ0v) is 20.5. The molecule has 4 rings (SSSR count). The topological polar surface area (TPSA) is 74.3 Å². The van der Waals surface area contributed by atoms with E-state index in [0.717, 1.165) is 22.2 Å². The van der Waals surface area contributed by atoms with Crippen molar-refractivity contribution in [3.8, 4) is 23.0 Å². The molecule has 0 spiro atoms. The Morgan fingerprint density at radius 3 is 2.28 bits per heavy atom. The first-order valence-corrected chi connectivity index (χ1v) is 11.9. The molecular formula is C27H24FNO6S. The summed E-state index contributed by atoms with van der Waals surface area (Å²) in [4.78, 5) is 27.0. The molecule has 9 heteroatoms. The lowest BCUT2D eigenvalue weighted by Gasteiger charge is -2.15. The van der Waals surface area contributed by atoms with Crippen LogP contribution in [-0.4, -0.2) is 43.4 Å². The van der Waals surface area contributed by atoms with Crippen LogP contribution in [0.5, 0.6) is 23.0 Å². The zero-order chi connectivity index (χ0) is 25.5. The van der Waals surface area contributed by atoms with Gasteiger partial charge in [0, 0.05) is 5.56 Å². The van der Waals surface area contributed by atoms with Gasteiger partial charge in [-0.1, -0.05) is 36.4 Å². The summed E-state index contributed by atoms with van der Waals surface area (Å²) in [6.07, 6.45) is 1.61. The molecule has 36 heavy (non-hydrogen) atoms. The van der Waals surface area contributed by atoms with E-state index >= 15 is 0 Å². The van der Waals surface area contributed by atoms with Crippen LogP contribution in [0.2, 0.25) is 0 Å². The lowest BCUT2D eigenvalue weighted by Crippen LogP contribution is -2.32. The lowest BCUT2D eigenvalue weighted by atomic mass is 10.1. The Hall–Kier alpha value is -3.98. The number of halogens is 1. The van der Waals surface area contributed by atoms with E-state index in [2.05, 4.69) is 0 Å². The molecule has 1 aliphatic heterocycles. The van der Waals surface area contributed by atoms with Gasteiger partial charge in [-0.05, 0) is 53.7 Å². The van der Waals surface area contributed by atoms with E-state index in [-0.39, 0.29) is 35.7 Å². The van der Waals surface area contributed by atoms with Crippen molar-refractivity contribution >= 4 is 29.0 Å². The molecule has 0 aliphatic carbocycles. The van der Waals surface area contributed by atoms with Gasteiger partial charge in [0.05, 0.1) is 25.7 Å². The van der Waals surface area contributed by atoms with Crippen molar-refractivity contribution in [2.75, 3.05) is 27.4 Å². The monoisotopic (exact) mass is 509 g/mol. The van der Waals surface area contributed by atoms with Crippen LogP contribution in [0.1, 0.15) is 11.1 Å². The van der Waals surface area contributed by atoms with Crippen molar-refractivity contribution in [2.45, 2.75) is 6.61 Å². The third kappa shape index (κ3) is 5.80. The fourth-order valence-electron chi connectivity index (χ4n) is 3.52. The maximum Gasteiger partial charge on any atom is 0.293 e. The second kappa shape index (κ2) is 11.6. The highest BCUT2D eigenvalue weighted by Gasteiger charge is 2.35. The Morgan fingerprint density at radius 1 is 0.861 bits per heavy atom. The van der Waals surface area contributed by atoms with Crippen LogP contribution in [0, 0.1) is 5.82 Å². The molecule has 2 amide bonds. The molecule has 0 atom stereocenters. The van der Waals surface area contributed by atoms with Gasteiger partial charge >= 0.3 is 0 Å². The van der Waals surface area contributed by atoms with Gasteiger partial charge in [0.2, 0.25) is 0 Å². The molecule has 0 aromatic heterocycles. The highest BCUT2D eigenvalue weighted by molar-refractivity contribution is 8.18. The Morgan fingerprint density at radius 2 is 1.56 bits per heavy atom. The fourth-order valence-corrected chi connectivity index (χ4v) is 4.37. The summed E-state index contributed by atoms with van der Waals surface area (Å²) < 4.78 is 35.6. The molecule has 0 unspecified atom stereocenters. The second-order valence-electron chi connectivity index (χ2n) is 7.63. The summed E-state index contributed by atoms with van der Waals surface area (Å²) in [5.74, 6) is 1.23. The number of para-hydroxylation sites is 3. The summed E-state index contributed by atoms with van der Waals surface area (Å²) in [7, 11) is 3.05. The van der Waals surface area contributed by atoms with Crippen molar-refractivity contribution in [1.82, 2.24) is 4.90 Å². The van der Waals surface area contributed by atoms with Crippen LogP contribution in [-0.2, 0) is 11.4 Å². The molecule has 7 nitrogen and oxygen atoms in total. The van der Waals surface area contributed by atoms with Crippen LogP contribution in [0.15, 0.2) is 71.6 Å². The first-order chi connectivity index (χ1) is 17.5. The minimum Gasteiger partial charge on any atom is -0.493 e. The number of ether oxygens (including phenoxy) is 4. The summed E-state index contributed by atoms with van der Waals surface area (Å²) in [6.45, 7) is 0.381. The van der Waals surface area contributed by atoms with Crippen LogP contribution >= 0.6 is 11.8 Å². The number of nitrogens with zero attached hydrogens (tertiary/aromatic N) is 1. The summed E-state index contributed by atoms with van der Waals surface area (Å²) in [6, 6.07) is 18.4. The number of carbonyl (C=O) groups is 2. The van der Waals surface area contributed by atoms with Gasteiger partial charge in [-0.25, -0.2) is 4.39 Å². The molecular weight excluding hydrogens is 485 g/mol. The number of methoxy groups -OCH3 is 2. The fraction of sp³-hybridized carbons (Fsp3) is 0.185. The predicted octanol–water partition coefficient (Wildman–Crippen LogP) is 5.54. The standard InChI is InChI=1S/C27H24FNO6S/c1-32-21-7-3-4-8-22(21)34-15-14-29-26(30)24(36-27(29)31)16-19-6-5-9-23(33-2)25(19)35-17-18-10-12-20(28)13-11-18/h3-13,16H,14-15,17H2,1-2H3/b24-16-. The van der Waals surface area contributed by atoms with E-state index in [4.69, 9.17) is 18.9 Å². The molecule has 1 aliphatic rings. The van der Waals surface area contributed by atoms with Crippen molar-refractivity contribution in [2.24, 2.45) is 0 Å². The summed E-state index contributed by atoms with van der Waals surface area (Å²) in [5.41, 5.74) is 1.34. The number of thioether (sulfide) groups is 1.